The minimum absolute atomic E-state index is 0.122. The third-order valence-electron chi connectivity index (χ3n) is 5.53. The first-order chi connectivity index (χ1) is 15.8. The van der Waals surface area contributed by atoms with Gasteiger partial charge in [-0.25, -0.2) is 0 Å². The molecule has 0 radical (unpaired) electrons. The van der Waals surface area contributed by atoms with Crippen molar-refractivity contribution in [3.8, 4) is 0 Å². The second kappa shape index (κ2) is 11.8. The summed E-state index contributed by atoms with van der Waals surface area (Å²) in [4.78, 5) is 0. The summed E-state index contributed by atoms with van der Waals surface area (Å²) in [5, 5.41) is 0. The standard InChI is InChI=1S/C20H26F15I/c1-3-4-5-6-7-8-9-10-11-13(2,36)12-14(21,22)15(23,24)16(25,26)17(27,28)18(29,30)19(31,32)20(33,34)35/h3-12H2,1-2H3. The van der Waals surface area contributed by atoms with E-state index in [1.807, 2.05) is 6.92 Å². The fraction of sp³-hybridized carbons (Fsp3) is 1.00. The van der Waals surface area contributed by atoms with Crippen LogP contribution in [0.3, 0.4) is 0 Å². The summed E-state index contributed by atoms with van der Waals surface area (Å²) < 4.78 is 198. The minimum Gasteiger partial charge on any atom is -0.200 e. The van der Waals surface area contributed by atoms with Crippen LogP contribution in [0.25, 0.3) is 0 Å². The average Bonchev–Trinajstić information content (AvgIpc) is 2.67. The molecule has 36 heavy (non-hydrogen) atoms. The molecule has 0 aliphatic heterocycles. The van der Waals surface area contributed by atoms with E-state index in [0.717, 1.165) is 61.6 Å². The maximum Gasteiger partial charge on any atom is 0.460 e. The maximum absolute atomic E-state index is 14.2. The Morgan fingerprint density at radius 2 is 0.806 bits per heavy atom. The van der Waals surface area contributed by atoms with E-state index in [0.29, 0.717) is 12.8 Å². The Hall–Kier alpha value is -0.320. The van der Waals surface area contributed by atoms with Gasteiger partial charge in [0.25, 0.3) is 0 Å². The molecule has 1 atom stereocenters. The van der Waals surface area contributed by atoms with Crippen molar-refractivity contribution in [2.45, 2.75) is 123 Å². The van der Waals surface area contributed by atoms with Gasteiger partial charge in [-0.1, -0.05) is 87.8 Å². The first-order valence-electron chi connectivity index (χ1n) is 10.8. The van der Waals surface area contributed by atoms with Gasteiger partial charge in [0.1, 0.15) is 0 Å². The molecule has 0 aromatic heterocycles. The Bertz CT molecular complexity index is 683. The van der Waals surface area contributed by atoms with Crippen molar-refractivity contribution in [3.63, 3.8) is 0 Å². The molecular formula is C20H26F15I. The molecule has 0 aromatic carbocycles. The molecule has 218 valence electrons. The summed E-state index contributed by atoms with van der Waals surface area (Å²) in [6.45, 7) is 2.85. The van der Waals surface area contributed by atoms with E-state index < -0.39 is 51.6 Å². The van der Waals surface area contributed by atoms with E-state index in [1.54, 1.807) is 0 Å². The molecule has 0 aliphatic carbocycles. The van der Waals surface area contributed by atoms with E-state index in [4.69, 9.17) is 0 Å². The summed E-state index contributed by atoms with van der Waals surface area (Å²) in [6.07, 6.45) is -4.45. The van der Waals surface area contributed by atoms with Crippen LogP contribution < -0.4 is 0 Å². The van der Waals surface area contributed by atoms with E-state index >= 15 is 0 Å². The zero-order valence-electron chi connectivity index (χ0n) is 19.1. The normalized spacial score (nSPS) is 16.8. The van der Waals surface area contributed by atoms with Crippen LogP contribution in [0.4, 0.5) is 65.9 Å². The predicted octanol–water partition coefficient (Wildman–Crippen LogP) is 10.5. The molecule has 0 aliphatic rings. The summed E-state index contributed by atoms with van der Waals surface area (Å²) >= 11 is 1.15. The molecule has 16 heteroatoms. The number of hydrogen-bond acceptors (Lipinski definition) is 0. The van der Waals surface area contributed by atoms with Crippen molar-refractivity contribution in [3.05, 3.63) is 0 Å². The van der Waals surface area contributed by atoms with Gasteiger partial charge in [0.05, 0.1) is 0 Å². The van der Waals surface area contributed by atoms with Gasteiger partial charge < -0.3 is 0 Å². The summed E-state index contributed by atoms with van der Waals surface area (Å²) in [7, 11) is 0. The number of rotatable bonds is 16. The SMILES string of the molecule is CCCCCCCCCCC(C)(I)CC(F)(F)C(F)(F)C(F)(F)C(F)(F)C(F)(F)C(F)(F)C(F)(F)F. The van der Waals surface area contributed by atoms with E-state index in [1.165, 1.54) is 0 Å². The Morgan fingerprint density at radius 3 is 1.19 bits per heavy atom. The zero-order chi connectivity index (χ0) is 29.1. The highest BCUT2D eigenvalue weighted by molar-refractivity contribution is 14.1. The van der Waals surface area contributed by atoms with Crippen LogP contribution >= 0.6 is 22.6 Å². The van der Waals surface area contributed by atoms with Gasteiger partial charge in [-0.05, 0) is 6.42 Å². The number of hydrogen-bond donors (Lipinski definition) is 0. The third kappa shape index (κ3) is 7.20. The number of halogens is 16. The summed E-state index contributed by atoms with van der Waals surface area (Å²) in [5.41, 5.74) is 0. The first kappa shape index (κ1) is 35.7. The molecule has 0 N–H and O–H groups in total. The van der Waals surface area contributed by atoms with E-state index in [-0.39, 0.29) is 12.8 Å². The van der Waals surface area contributed by atoms with Gasteiger partial charge in [-0.15, -0.1) is 0 Å². The molecule has 1 unspecified atom stereocenters. The fourth-order valence-corrected chi connectivity index (χ4v) is 4.15. The van der Waals surface area contributed by atoms with Gasteiger partial charge >= 0.3 is 41.7 Å². The Labute approximate surface area is 211 Å². The lowest BCUT2D eigenvalue weighted by atomic mass is 9.86. The van der Waals surface area contributed by atoms with Crippen molar-refractivity contribution in [2.75, 3.05) is 0 Å². The number of unbranched alkanes of at least 4 members (excludes halogenated alkanes) is 7. The fourth-order valence-electron chi connectivity index (χ4n) is 3.29. The summed E-state index contributed by atoms with van der Waals surface area (Å²) in [5.74, 6) is -46.0. The maximum atomic E-state index is 14.2. The van der Waals surface area contributed by atoms with Crippen molar-refractivity contribution >= 4 is 22.6 Å². The van der Waals surface area contributed by atoms with Gasteiger partial charge in [0.2, 0.25) is 0 Å². The van der Waals surface area contributed by atoms with Crippen LogP contribution in [-0.2, 0) is 0 Å². The van der Waals surface area contributed by atoms with Crippen molar-refractivity contribution < 1.29 is 65.9 Å². The van der Waals surface area contributed by atoms with Gasteiger partial charge in [-0.2, -0.15) is 65.9 Å². The average molecular weight is 678 g/mol. The minimum atomic E-state index is -8.23. The smallest absolute Gasteiger partial charge is 0.200 e. The van der Waals surface area contributed by atoms with Crippen LogP contribution in [0.2, 0.25) is 0 Å². The van der Waals surface area contributed by atoms with Crippen molar-refractivity contribution in [1.29, 1.82) is 0 Å². The predicted molar refractivity (Wildman–Crippen MR) is 110 cm³/mol. The lowest BCUT2D eigenvalue weighted by Gasteiger charge is -2.42. The van der Waals surface area contributed by atoms with Crippen LogP contribution in [-0.4, -0.2) is 45.1 Å². The lowest BCUT2D eigenvalue weighted by Crippen LogP contribution is -2.72. The molecular weight excluding hydrogens is 652 g/mol. The first-order valence-corrected chi connectivity index (χ1v) is 11.9. The number of alkyl halides is 16. The molecule has 0 rings (SSSR count). The molecule has 0 nitrogen and oxygen atoms in total. The Kier molecular flexibility index (Phi) is 11.7. The molecule has 0 bridgehead atoms. The summed E-state index contributed by atoms with van der Waals surface area (Å²) in [6, 6.07) is 0. The quantitative estimate of drug-likeness (QED) is 0.0660. The lowest BCUT2D eigenvalue weighted by molar-refractivity contribution is -0.452. The molecule has 0 saturated carbocycles. The Morgan fingerprint density at radius 1 is 0.472 bits per heavy atom. The van der Waals surface area contributed by atoms with Crippen LogP contribution in [0.5, 0.6) is 0 Å². The Balaban J connectivity index is 5.66. The highest BCUT2D eigenvalue weighted by Crippen LogP contribution is 2.63. The van der Waals surface area contributed by atoms with Crippen molar-refractivity contribution in [2.24, 2.45) is 0 Å². The van der Waals surface area contributed by atoms with Gasteiger partial charge in [-0.3, -0.25) is 0 Å². The largest absolute Gasteiger partial charge is 0.460 e. The van der Waals surface area contributed by atoms with Crippen molar-refractivity contribution in [1.82, 2.24) is 0 Å². The second-order valence-electron chi connectivity index (χ2n) is 8.89. The van der Waals surface area contributed by atoms with Crippen LogP contribution in [0.15, 0.2) is 0 Å². The molecule has 0 amide bonds. The molecule has 0 fully saturated rings. The van der Waals surface area contributed by atoms with Crippen LogP contribution in [0, 0.1) is 0 Å². The second-order valence-corrected chi connectivity index (χ2v) is 11.5. The molecule has 0 heterocycles. The topological polar surface area (TPSA) is 0 Å². The van der Waals surface area contributed by atoms with Crippen LogP contribution in [0.1, 0.15) is 78.1 Å². The molecule has 0 aromatic rings. The monoisotopic (exact) mass is 678 g/mol. The van der Waals surface area contributed by atoms with E-state index in [2.05, 4.69) is 0 Å². The zero-order valence-corrected chi connectivity index (χ0v) is 21.3. The molecule has 0 saturated heterocycles. The van der Waals surface area contributed by atoms with E-state index in [9.17, 15) is 65.9 Å². The van der Waals surface area contributed by atoms with Gasteiger partial charge in [0, 0.05) is 9.84 Å². The van der Waals surface area contributed by atoms with Gasteiger partial charge in [0.15, 0.2) is 0 Å². The third-order valence-corrected chi connectivity index (χ3v) is 6.46. The highest BCUT2D eigenvalue weighted by atomic mass is 127. The molecule has 0 spiro atoms. The highest BCUT2D eigenvalue weighted by Gasteiger charge is 2.93.